The minimum atomic E-state index is -1.77. The highest BCUT2D eigenvalue weighted by Crippen LogP contribution is 2.20. The summed E-state index contributed by atoms with van der Waals surface area (Å²) in [6.45, 7) is 6.81. The molecular weight excluding hydrogens is 959 g/mol. The zero-order chi connectivity index (χ0) is 54.5. The normalized spacial score (nSPS) is 19.5. The van der Waals surface area contributed by atoms with Gasteiger partial charge in [-0.3, -0.25) is 31.9 Å². The first kappa shape index (κ1) is 63.5. The predicted molar refractivity (Wildman–Crippen MR) is 294 cm³/mol. The molecule has 3 aromatic rings. The number of aliphatic hydroxyl groups excluding tert-OH is 8. The quantitative estimate of drug-likeness (QED) is 0.0223. The highest BCUT2D eigenvalue weighted by molar-refractivity contribution is 5.19. The Kier molecular flexibility index (Phi) is 29.9. The molecule has 0 aromatic heterocycles. The van der Waals surface area contributed by atoms with Crippen LogP contribution in [0.1, 0.15) is 62.1 Å². The smallest absolute Gasteiger partial charge is 0.153 e. The van der Waals surface area contributed by atoms with Crippen molar-refractivity contribution >= 4 is 0 Å². The van der Waals surface area contributed by atoms with Crippen molar-refractivity contribution in [3.05, 3.63) is 144 Å². The van der Waals surface area contributed by atoms with Crippen LogP contribution < -0.4 is 59.3 Å². The number of benzene rings is 3. The zero-order valence-corrected chi connectivity index (χ0v) is 43.8. The van der Waals surface area contributed by atoms with Crippen LogP contribution in [0.15, 0.2) is 128 Å². The molecule has 0 radical (unpaired) electrons. The third-order valence-electron chi connectivity index (χ3n) is 13.4. The van der Waals surface area contributed by atoms with Gasteiger partial charge in [0.15, 0.2) is 6.29 Å². The molecule has 0 aliphatic heterocycles. The molecule has 0 saturated heterocycles. The third-order valence-corrected chi connectivity index (χ3v) is 13.4. The summed E-state index contributed by atoms with van der Waals surface area (Å²) in [5, 5.41) is 127. The summed E-state index contributed by atoms with van der Waals surface area (Å²) in [4.78, 5) is 0. The molecule has 0 spiro atoms. The fourth-order valence-corrected chi connectivity index (χ4v) is 9.12. The number of nitrogens with two attached hydrogens (primary N) is 2. The van der Waals surface area contributed by atoms with Gasteiger partial charge in [0.25, 0.3) is 0 Å². The van der Waals surface area contributed by atoms with E-state index in [1.54, 1.807) is 0 Å². The average Bonchev–Trinajstić information content (AvgIpc) is 3.39. The number of hydrogen-bond acceptors (Lipinski definition) is 20. The first-order valence-electron chi connectivity index (χ1n) is 26.4. The standard InChI is InChI=1S/C55H91N11O9/c1-36(59-34-48(67)63-44(29-39-20-10-5-11-21-39)37(2)62-47(32-50(69)70)55(75)66-45(51(57)71)30-40-22-12-6-13-23-40)33-60-53(73)43(26-16-17-27-58-3)65-54(74)46(31-41-24-14-7-15-25-41)64-49(68)35-61-52(72)42(56)28-38-18-8-4-9-19-38/h4-15,18-24,37,41-55,58-75H,1,16-17,25-35,56-57H2,2-3H3/t37?,41?,42?,43?,44?,45-,46?,47-,48?,49?,51?,52?,53-,54?,55?/m0/s1. The summed E-state index contributed by atoms with van der Waals surface area (Å²) < 4.78 is 0. The number of allylic oxidation sites excluding steroid dienone is 4. The van der Waals surface area contributed by atoms with Gasteiger partial charge in [0.1, 0.15) is 43.6 Å². The van der Waals surface area contributed by atoms with Gasteiger partial charge in [-0.2, -0.15) is 0 Å². The van der Waals surface area contributed by atoms with Crippen molar-refractivity contribution in [3.63, 3.8) is 0 Å². The predicted octanol–water partition coefficient (Wildman–Crippen LogP) is -1.70. The topological polar surface area (TPSA) is 342 Å². The number of hydrogen-bond donors (Lipinski definition) is 20. The van der Waals surface area contributed by atoms with Crippen LogP contribution in [-0.2, 0) is 19.3 Å². The molecule has 0 bridgehead atoms. The average molecular weight is 1050 g/mol. The Labute approximate surface area is 444 Å². The molecule has 20 nitrogen and oxygen atoms in total. The van der Waals surface area contributed by atoms with Crippen LogP contribution in [0.3, 0.4) is 0 Å². The minimum Gasteiger partial charge on any atom is -0.384 e. The number of aliphatic hydroxyl groups is 9. The van der Waals surface area contributed by atoms with E-state index in [0.717, 1.165) is 42.5 Å². The maximum absolute atomic E-state index is 11.8. The summed E-state index contributed by atoms with van der Waals surface area (Å²) in [7, 11) is 1.87. The van der Waals surface area contributed by atoms with Crippen molar-refractivity contribution in [2.75, 3.05) is 33.2 Å². The van der Waals surface area contributed by atoms with Crippen molar-refractivity contribution in [3.8, 4) is 0 Å². The van der Waals surface area contributed by atoms with E-state index in [2.05, 4.69) is 60.5 Å². The summed E-state index contributed by atoms with van der Waals surface area (Å²) in [6, 6.07) is 24.0. The molecule has 0 saturated carbocycles. The first-order chi connectivity index (χ1) is 36.0. The van der Waals surface area contributed by atoms with Crippen molar-refractivity contribution in [2.45, 2.75) is 157 Å². The molecule has 1 aliphatic carbocycles. The molecular formula is C55H91N11O9. The molecule has 0 heterocycles. The van der Waals surface area contributed by atoms with Gasteiger partial charge in [-0.05, 0) is 88.1 Å². The molecule has 22 N–H and O–H groups in total. The van der Waals surface area contributed by atoms with E-state index in [1.807, 2.05) is 123 Å². The molecule has 75 heavy (non-hydrogen) atoms. The van der Waals surface area contributed by atoms with Gasteiger partial charge >= 0.3 is 0 Å². The van der Waals surface area contributed by atoms with Gasteiger partial charge in [-0.15, -0.1) is 0 Å². The number of nitrogens with one attached hydrogen (secondary N) is 9. The van der Waals surface area contributed by atoms with E-state index in [9.17, 15) is 46.0 Å². The second-order valence-corrected chi connectivity index (χ2v) is 19.8. The lowest BCUT2D eigenvalue weighted by molar-refractivity contribution is -0.0685. The molecule has 20 heteroatoms. The zero-order valence-electron chi connectivity index (χ0n) is 43.8. The molecule has 0 fully saturated rings. The van der Waals surface area contributed by atoms with Gasteiger partial charge in [0.2, 0.25) is 0 Å². The van der Waals surface area contributed by atoms with Gasteiger partial charge in [0.05, 0.1) is 18.6 Å². The van der Waals surface area contributed by atoms with E-state index in [1.165, 1.54) is 0 Å². The summed E-state index contributed by atoms with van der Waals surface area (Å²) >= 11 is 0. The molecule has 15 atom stereocenters. The van der Waals surface area contributed by atoms with Crippen LogP contribution in [-0.4, -0.2) is 171 Å². The summed E-state index contributed by atoms with van der Waals surface area (Å²) in [5.41, 5.74) is 15.5. The van der Waals surface area contributed by atoms with Crippen LogP contribution in [0, 0.1) is 5.92 Å². The summed E-state index contributed by atoms with van der Waals surface area (Å²) in [5.74, 6) is 0.0710. The van der Waals surface area contributed by atoms with E-state index < -0.39 is 92.2 Å². The lowest BCUT2D eigenvalue weighted by Gasteiger charge is -2.36. The Bertz CT molecular complexity index is 2020. The Balaban J connectivity index is 1.36. The Morgan fingerprint density at radius 3 is 1.73 bits per heavy atom. The molecule has 420 valence electrons. The summed E-state index contributed by atoms with van der Waals surface area (Å²) in [6.07, 6.45) is 1.97. The Morgan fingerprint density at radius 2 is 1.16 bits per heavy atom. The van der Waals surface area contributed by atoms with E-state index in [4.69, 9.17) is 11.5 Å². The lowest BCUT2D eigenvalue weighted by atomic mass is 9.92. The largest absolute Gasteiger partial charge is 0.384 e. The molecule has 12 unspecified atom stereocenters. The fraction of sp³-hybridized carbons (Fsp3) is 0.564. The van der Waals surface area contributed by atoms with E-state index in [-0.39, 0.29) is 32.0 Å². The van der Waals surface area contributed by atoms with Gasteiger partial charge in [-0.25, -0.2) is 0 Å². The Hall–Kier alpha value is -4.08. The maximum atomic E-state index is 11.8. The highest BCUT2D eigenvalue weighted by atomic mass is 16.5. The van der Waals surface area contributed by atoms with Crippen LogP contribution >= 0.6 is 0 Å². The van der Waals surface area contributed by atoms with Crippen molar-refractivity contribution < 1.29 is 46.0 Å². The minimum absolute atomic E-state index is 0.0167. The second kappa shape index (κ2) is 35.4. The SMILES string of the molecule is C=C(CN[C@@H](O)C(CCCCNC)NC(O)C(CC1C=CC=CC1)NC(O)CNC(O)C(N)Cc1ccccc1)NCC(O)NC(Cc1ccccc1)C(C)N[C@@H](CC(O)O)C(O)N[C@@H](Cc1ccccc1)C(N)O. The van der Waals surface area contributed by atoms with Crippen LogP contribution in [0.5, 0.6) is 0 Å². The number of unbranched alkanes of at least 4 members (excludes halogenated alkanes) is 1. The van der Waals surface area contributed by atoms with Crippen molar-refractivity contribution in [2.24, 2.45) is 17.4 Å². The second-order valence-electron chi connectivity index (χ2n) is 19.8. The molecule has 4 rings (SSSR count). The molecule has 0 amide bonds. The van der Waals surface area contributed by atoms with Gasteiger partial charge < -0.3 is 73.4 Å². The van der Waals surface area contributed by atoms with Crippen molar-refractivity contribution in [1.82, 2.24) is 47.9 Å². The molecule has 3 aromatic carbocycles. The third kappa shape index (κ3) is 25.3. The van der Waals surface area contributed by atoms with Gasteiger partial charge in [-0.1, -0.05) is 128 Å². The van der Waals surface area contributed by atoms with Gasteiger partial charge in [0, 0.05) is 55.4 Å². The molecule has 1 aliphatic rings. The van der Waals surface area contributed by atoms with E-state index >= 15 is 0 Å². The number of rotatable bonds is 40. The van der Waals surface area contributed by atoms with E-state index in [0.29, 0.717) is 37.8 Å². The van der Waals surface area contributed by atoms with Crippen LogP contribution in [0.25, 0.3) is 0 Å². The fourth-order valence-electron chi connectivity index (χ4n) is 9.12. The maximum Gasteiger partial charge on any atom is 0.153 e. The monoisotopic (exact) mass is 1050 g/mol. The Morgan fingerprint density at radius 1 is 0.600 bits per heavy atom. The van der Waals surface area contributed by atoms with Crippen LogP contribution in [0.4, 0.5) is 0 Å². The van der Waals surface area contributed by atoms with Crippen LogP contribution in [0.2, 0.25) is 0 Å². The first-order valence-corrected chi connectivity index (χ1v) is 26.4. The highest BCUT2D eigenvalue weighted by Gasteiger charge is 2.32. The lowest BCUT2D eigenvalue weighted by Crippen LogP contribution is -2.61. The van der Waals surface area contributed by atoms with Crippen molar-refractivity contribution in [1.29, 1.82) is 0 Å².